The van der Waals surface area contributed by atoms with Gasteiger partial charge >= 0.3 is 18.3 Å². The molecule has 3 aromatic rings. The van der Waals surface area contributed by atoms with Gasteiger partial charge in [-0.05, 0) is 92.0 Å². The summed E-state index contributed by atoms with van der Waals surface area (Å²) in [6, 6.07) is 5.89. The SMILES string of the molecule is CCN(CCCCC(=O)OC)c1cc2c(cc1CN(Cc1cc(C(F)(F)F)cc(C(F)(F)F)c1)c1ncn(C)n1)CCCC2.Cl. The Morgan fingerprint density at radius 2 is 1.53 bits per heavy atom. The summed E-state index contributed by atoms with van der Waals surface area (Å²) in [5.41, 5.74) is 1.34. The number of rotatable bonds is 12. The van der Waals surface area contributed by atoms with Crippen LogP contribution < -0.4 is 9.80 Å². The van der Waals surface area contributed by atoms with Crippen molar-refractivity contribution in [3.05, 3.63) is 70.0 Å². The molecule has 7 nitrogen and oxygen atoms in total. The number of nitrogens with zero attached hydrogens (tertiary/aromatic N) is 5. The summed E-state index contributed by atoms with van der Waals surface area (Å²) < 4.78 is 88.0. The maximum Gasteiger partial charge on any atom is 0.416 e. The molecule has 0 fully saturated rings. The molecule has 0 saturated carbocycles. The van der Waals surface area contributed by atoms with Gasteiger partial charge in [0.05, 0.1) is 18.2 Å². The van der Waals surface area contributed by atoms with Gasteiger partial charge in [-0.1, -0.05) is 6.07 Å². The van der Waals surface area contributed by atoms with Crippen molar-refractivity contribution in [2.45, 2.75) is 77.3 Å². The number of unbranched alkanes of at least 4 members (excludes halogenated alkanes) is 1. The molecule has 0 atom stereocenters. The zero-order valence-electron chi connectivity index (χ0n) is 25.5. The number of carbonyl (C=O) groups is 1. The van der Waals surface area contributed by atoms with E-state index in [2.05, 4.69) is 27.1 Å². The average Bonchev–Trinajstić information content (AvgIpc) is 3.41. The molecule has 0 N–H and O–H groups in total. The Hall–Kier alpha value is -3.48. The number of benzene rings is 2. The molecule has 0 unspecified atom stereocenters. The van der Waals surface area contributed by atoms with Gasteiger partial charge < -0.3 is 14.5 Å². The van der Waals surface area contributed by atoms with E-state index >= 15 is 0 Å². The Balaban J connectivity index is 0.00000552. The highest BCUT2D eigenvalue weighted by Gasteiger charge is 2.37. The van der Waals surface area contributed by atoms with Gasteiger partial charge in [0, 0.05) is 45.3 Å². The Morgan fingerprint density at radius 1 is 0.911 bits per heavy atom. The van der Waals surface area contributed by atoms with E-state index in [9.17, 15) is 31.1 Å². The minimum absolute atomic E-state index is 0. The molecular formula is C31H38ClF6N5O2. The zero-order valence-corrected chi connectivity index (χ0v) is 26.3. The first kappa shape index (κ1) is 36.0. The fourth-order valence-electron chi connectivity index (χ4n) is 5.57. The maximum absolute atomic E-state index is 13.6. The molecule has 0 aliphatic heterocycles. The van der Waals surface area contributed by atoms with Gasteiger partial charge in [0.25, 0.3) is 0 Å². The average molecular weight is 662 g/mol. The first-order chi connectivity index (χ1) is 20.8. The second-order valence-corrected chi connectivity index (χ2v) is 11.1. The van der Waals surface area contributed by atoms with Crippen LogP contribution >= 0.6 is 12.4 Å². The summed E-state index contributed by atoms with van der Waals surface area (Å²) in [6.07, 6.45) is -2.87. The van der Waals surface area contributed by atoms with Gasteiger partial charge in [-0.25, -0.2) is 4.98 Å². The lowest BCUT2D eigenvalue weighted by atomic mass is 9.89. The standard InChI is InChI=1S/C31H37F6N5O2.ClH/c1-4-41(12-8-7-11-28(43)44-3)27-16-23-10-6-5-9-22(23)15-24(27)19-42(29-38-20-40(2)39-29)18-21-13-25(30(32,33)34)17-26(14-21)31(35,36)37;/h13-17,20H,4-12,18-19H2,1-3H3;1H. The van der Waals surface area contributed by atoms with E-state index in [1.807, 2.05) is 6.92 Å². The number of anilines is 2. The molecule has 2 aromatic carbocycles. The van der Waals surface area contributed by atoms with Crippen LogP contribution in [0.25, 0.3) is 0 Å². The molecule has 0 amide bonds. The van der Waals surface area contributed by atoms with Crippen LogP contribution in [0.5, 0.6) is 0 Å². The minimum Gasteiger partial charge on any atom is -0.469 e. The Labute approximate surface area is 265 Å². The summed E-state index contributed by atoms with van der Waals surface area (Å²) in [6.45, 7) is 3.21. The largest absolute Gasteiger partial charge is 0.469 e. The summed E-state index contributed by atoms with van der Waals surface area (Å²) in [7, 11) is 2.99. The highest BCUT2D eigenvalue weighted by Crippen LogP contribution is 2.37. The van der Waals surface area contributed by atoms with Crippen LogP contribution in [0.4, 0.5) is 38.0 Å². The molecule has 14 heteroatoms. The molecule has 1 aromatic heterocycles. The lowest BCUT2D eigenvalue weighted by Crippen LogP contribution is -2.29. The monoisotopic (exact) mass is 661 g/mol. The zero-order chi connectivity index (χ0) is 32.1. The Kier molecular flexibility index (Phi) is 12.2. The molecule has 4 rings (SSSR count). The van der Waals surface area contributed by atoms with E-state index in [1.54, 1.807) is 11.9 Å². The minimum atomic E-state index is -4.95. The van der Waals surface area contributed by atoms with E-state index in [-0.39, 0.29) is 49.0 Å². The molecule has 248 valence electrons. The van der Waals surface area contributed by atoms with Crippen LogP contribution in [0.15, 0.2) is 36.7 Å². The van der Waals surface area contributed by atoms with Crippen molar-refractivity contribution < 1.29 is 35.9 Å². The second-order valence-electron chi connectivity index (χ2n) is 11.1. The fraction of sp³-hybridized carbons (Fsp3) is 0.516. The predicted molar refractivity (Wildman–Crippen MR) is 161 cm³/mol. The first-order valence-electron chi connectivity index (χ1n) is 14.6. The van der Waals surface area contributed by atoms with Crippen LogP contribution in [0.2, 0.25) is 0 Å². The normalized spacial score (nSPS) is 13.2. The summed E-state index contributed by atoms with van der Waals surface area (Å²) in [5.74, 6) is -0.0902. The number of aryl methyl sites for hydroxylation is 3. The molecule has 45 heavy (non-hydrogen) atoms. The molecule has 1 heterocycles. The van der Waals surface area contributed by atoms with Crippen molar-refractivity contribution in [2.75, 3.05) is 30.0 Å². The van der Waals surface area contributed by atoms with Gasteiger partial charge in [-0.3, -0.25) is 9.48 Å². The van der Waals surface area contributed by atoms with Crippen LogP contribution in [-0.4, -0.2) is 40.9 Å². The second kappa shape index (κ2) is 15.2. The number of hydrogen-bond donors (Lipinski definition) is 0. The number of ether oxygens (including phenoxy) is 1. The number of halogens is 7. The van der Waals surface area contributed by atoms with Crippen molar-refractivity contribution in [3.63, 3.8) is 0 Å². The van der Waals surface area contributed by atoms with E-state index < -0.39 is 23.5 Å². The Bertz CT molecular complexity index is 1410. The van der Waals surface area contributed by atoms with E-state index in [1.165, 1.54) is 29.2 Å². The van der Waals surface area contributed by atoms with Crippen LogP contribution in [0, 0.1) is 0 Å². The van der Waals surface area contributed by atoms with E-state index in [0.29, 0.717) is 25.9 Å². The predicted octanol–water partition coefficient (Wildman–Crippen LogP) is 7.53. The van der Waals surface area contributed by atoms with Crippen molar-refractivity contribution in [1.82, 2.24) is 14.8 Å². The third-order valence-electron chi connectivity index (χ3n) is 7.80. The molecular weight excluding hydrogens is 624 g/mol. The van der Waals surface area contributed by atoms with Crippen LogP contribution in [0.3, 0.4) is 0 Å². The quantitative estimate of drug-likeness (QED) is 0.114. The Morgan fingerprint density at radius 3 is 2.07 bits per heavy atom. The first-order valence-corrected chi connectivity index (χ1v) is 14.6. The summed E-state index contributed by atoms with van der Waals surface area (Å²) >= 11 is 0. The number of esters is 1. The number of hydrogen-bond acceptors (Lipinski definition) is 6. The number of carbonyl (C=O) groups excluding carboxylic acids is 1. The summed E-state index contributed by atoms with van der Waals surface area (Å²) in [5, 5.41) is 4.34. The van der Waals surface area contributed by atoms with Crippen LogP contribution in [0.1, 0.15) is 72.4 Å². The van der Waals surface area contributed by atoms with Crippen molar-refractivity contribution in [1.29, 1.82) is 0 Å². The van der Waals surface area contributed by atoms with Gasteiger partial charge in [-0.2, -0.15) is 26.3 Å². The number of alkyl halides is 6. The lowest BCUT2D eigenvalue weighted by molar-refractivity contribution is -0.143. The molecule has 0 saturated heterocycles. The summed E-state index contributed by atoms with van der Waals surface area (Å²) in [4.78, 5) is 19.7. The highest BCUT2D eigenvalue weighted by atomic mass is 35.5. The van der Waals surface area contributed by atoms with Crippen molar-refractivity contribution in [3.8, 4) is 0 Å². The van der Waals surface area contributed by atoms with Gasteiger partial charge in [0.2, 0.25) is 5.95 Å². The molecule has 0 radical (unpaired) electrons. The fourth-order valence-corrected chi connectivity index (χ4v) is 5.57. The molecule has 0 spiro atoms. The topological polar surface area (TPSA) is 63.5 Å². The number of aromatic nitrogens is 3. The molecule has 0 bridgehead atoms. The van der Waals surface area contributed by atoms with E-state index in [0.717, 1.165) is 55.5 Å². The van der Waals surface area contributed by atoms with Crippen LogP contribution in [-0.2, 0) is 54.9 Å². The number of fused-ring (bicyclic) bond motifs is 1. The smallest absolute Gasteiger partial charge is 0.416 e. The van der Waals surface area contributed by atoms with E-state index in [4.69, 9.17) is 4.74 Å². The maximum atomic E-state index is 13.6. The van der Waals surface area contributed by atoms with Gasteiger partial charge in [0.1, 0.15) is 6.33 Å². The number of methoxy groups -OCH3 is 1. The van der Waals surface area contributed by atoms with Crippen molar-refractivity contribution in [2.24, 2.45) is 7.05 Å². The molecule has 1 aliphatic rings. The van der Waals surface area contributed by atoms with Crippen molar-refractivity contribution >= 4 is 30.0 Å². The lowest BCUT2D eigenvalue weighted by Gasteiger charge is -2.31. The van der Waals surface area contributed by atoms with Gasteiger partial charge in [-0.15, -0.1) is 17.5 Å². The van der Waals surface area contributed by atoms with Gasteiger partial charge in [0.15, 0.2) is 0 Å². The molecule has 1 aliphatic carbocycles. The third-order valence-corrected chi connectivity index (χ3v) is 7.80. The third kappa shape index (κ3) is 9.51. The highest BCUT2D eigenvalue weighted by molar-refractivity contribution is 5.85.